The van der Waals surface area contributed by atoms with Gasteiger partial charge in [0.1, 0.15) is 6.04 Å². The molecule has 0 spiro atoms. The van der Waals surface area contributed by atoms with Crippen LogP contribution in [0, 0.1) is 5.41 Å². The van der Waals surface area contributed by atoms with E-state index in [1.54, 1.807) is 13.8 Å². The fraction of sp³-hybridized carbons (Fsp3) is 0.750. The highest BCUT2D eigenvalue weighted by molar-refractivity contribution is 6.41. The lowest BCUT2D eigenvalue weighted by Gasteiger charge is -2.25. The van der Waals surface area contributed by atoms with E-state index in [4.69, 9.17) is 5.11 Å². The van der Waals surface area contributed by atoms with E-state index >= 15 is 0 Å². The molecule has 0 aromatic rings. The van der Waals surface area contributed by atoms with Gasteiger partial charge >= 0.3 is 6.09 Å². The molecule has 5 heteroatoms. The summed E-state index contributed by atoms with van der Waals surface area (Å²) in [6.45, 7) is 5.61. The average molecular weight is 241 g/mol. The Labute approximate surface area is 101 Å². The molecule has 1 aliphatic rings. The molecule has 0 bridgehead atoms. The average Bonchev–Trinajstić information content (AvgIpc) is 2.75. The van der Waals surface area contributed by atoms with Crippen LogP contribution < -0.4 is 0 Å². The third-order valence-electron chi connectivity index (χ3n) is 3.52. The Morgan fingerprint density at radius 1 is 1.35 bits per heavy atom. The van der Waals surface area contributed by atoms with Crippen LogP contribution in [0.4, 0.5) is 4.79 Å². The molecule has 96 valence electrons. The summed E-state index contributed by atoms with van der Waals surface area (Å²) in [6.07, 6.45) is 0.541. The number of hydrogen-bond donors (Lipinski definition) is 1. The first-order valence-electron chi connectivity index (χ1n) is 5.89. The highest BCUT2D eigenvalue weighted by Gasteiger charge is 2.41. The molecule has 0 saturated carbocycles. The van der Waals surface area contributed by atoms with Crippen molar-refractivity contribution in [2.24, 2.45) is 5.41 Å². The van der Waals surface area contributed by atoms with Crippen LogP contribution in [0.25, 0.3) is 0 Å². The van der Waals surface area contributed by atoms with Gasteiger partial charge in [0.2, 0.25) is 11.6 Å². The highest BCUT2D eigenvalue weighted by Crippen LogP contribution is 2.26. The minimum Gasteiger partial charge on any atom is -0.465 e. The number of carboxylic acid groups (broad SMARTS) is 1. The van der Waals surface area contributed by atoms with E-state index in [9.17, 15) is 14.4 Å². The lowest BCUT2D eigenvalue weighted by Crippen LogP contribution is -2.46. The first-order valence-corrected chi connectivity index (χ1v) is 5.89. The topological polar surface area (TPSA) is 74.7 Å². The van der Waals surface area contributed by atoms with Crippen LogP contribution in [-0.4, -0.2) is 40.3 Å². The minimum atomic E-state index is -1.12. The number of likely N-dealkylation sites (tertiary alicyclic amines) is 1. The van der Waals surface area contributed by atoms with E-state index in [0.29, 0.717) is 25.8 Å². The van der Waals surface area contributed by atoms with Crippen LogP contribution in [0.5, 0.6) is 0 Å². The maximum Gasteiger partial charge on any atom is 0.407 e. The van der Waals surface area contributed by atoms with Gasteiger partial charge in [-0.25, -0.2) is 4.79 Å². The van der Waals surface area contributed by atoms with Gasteiger partial charge < -0.3 is 5.11 Å². The molecule has 0 aromatic carbocycles. The monoisotopic (exact) mass is 241 g/mol. The summed E-state index contributed by atoms with van der Waals surface area (Å²) in [5, 5.41) is 8.94. The molecule has 1 unspecified atom stereocenters. The summed E-state index contributed by atoms with van der Waals surface area (Å²) in [5.41, 5.74) is -0.705. The predicted molar refractivity (Wildman–Crippen MR) is 61.8 cm³/mol. The Bertz CT molecular complexity index is 348. The number of carbonyl (C=O) groups is 3. The lowest BCUT2D eigenvalue weighted by atomic mass is 9.81. The van der Waals surface area contributed by atoms with Crippen LogP contribution in [0.2, 0.25) is 0 Å². The van der Waals surface area contributed by atoms with Crippen LogP contribution in [0.3, 0.4) is 0 Å². The summed E-state index contributed by atoms with van der Waals surface area (Å²) in [6, 6.07) is -0.772. The van der Waals surface area contributed by atoms with Crippen molar-refractivity contribution in [3.05, 3.63) is 0 Å². The molecule has 1 amide bonds. The fourth-order valence-corrected chi connectivity index (χ4v) is 1.91. The summed E-state index contributed by atoms with van der Waals surface area (Å²) >= 11 is 0. The standard InChI is InChI=1S/C12H19NO4/c1-4-12(2,3)10(15)9(14)8-6-5-7-13(8)11(16)17/h8H,4-7H2,1-3H3,(H,16,17). The van der Waals surface area contributed by atoms with Crippen molar-refractivity contribution in [1.29, 1.82) is 0 Å². The van der Waals surface area contributed by atoms with Crippen molar-refractivity contribution in [1.82, 2.24) is 4.90 Å². The van der Waals surface area contributed by atoms with Crippen molar-refractivity contribution in [3.63, 3.8) is 0 Å². The maximum absolute atomic E-state index is 12.0. The molecule has 17 heavy (non-hydrogen) atoms. The van der Waals surface area contributed by atoms with Crippen LogP contribution in [-0.2, 0) is 9.59 Å². The second kappa shape index (κ2) is 4.85. The largest absolute Gasteiger partial charge is 0.465 e. The van der Waals surface area contributed by atoms with Crippen molar-refractivity contribution in [3.8, 4) is 0 Å². The summed E-state index contributed by atoms with van der Waals surface area (Å²) in [5.74, 6) is -1.02. The molecule has 1 atom stereocenters. The van der Waals surface area contributed by atoms with Gasteiger partial charge in [-0.3, -0.25) is 14.5 Å². The second-order valence-electron chi connectivity index (χ2n) is 5.06. The highest BCUT2D eigenvalue weighted by atomic mass is 16.4. The first kappa shape index (κ1) is 13.7. The third-order valence-corrected chi connectivity index (χ3v) is 3.52. The van der Waals surface area contributed by atoms with Gasteiger partial charge in [-0.2, -0.15) is 0 Å². The quantitative estimate of drug-likeness (QED) is 0.760. The van der Waals surface area contributed by atoms with E-state index in [2.05, 4.69) is 0 Å². The number of nitrogens with zero attached hydrogens (tertiary/aromatic N) is 1. The number of hydrogen-bond acceptors (Lipinski definition) is 3. The van der Waals surface area contributed by atoms with Crippen molar-refractivity contribution in [2.45, 2.75) is 46.1 Å². The van der Waals surface area contributed by atoms with Gasteiger partial charge in [-0.1, -0.05) is 20.8 Å². The predicted octanol–water partition coefficient (Wildman–Crippen LogP) is 1.70. The normalized spacial score (nSPS) is 20.4. The molecule has 1 rings (SSSR count). The van der Waals surface area contributed by atoms with Crippen LogP contribution in [0.1, 0.15) is 40.0 Å². The zero-order chi connectivity index (χ0) is 13.2. The van der Waals surface area contributed by atoms with E-state index in [0.717, 1.165) is 4.90 Å². The molecule has 0 aromatic heterocycles. The number of Topliss-reactive ketones (excluding diaryl/α,β-unsaturated/α-hetero) is 2. The first-order chi connectivity index (χ1) is 7.81. The molecular formula is C12H19NO4. The van der Waals surface area contributed by atoms with Crippen LogP contribution >= 0.6 is 0 Å². The van der Waals surface area contributed by atoms with Crippen molar-refractivity contribution in [2.75, 3.05) is 6.54 Å². The number of ketones is 2. The van der Waals surface area contributed by atoms with E-state index in [1.165, 1.54) is 0 Å². The minimum absolute atomic E-state index is 0.339. The molecule has 0 aliphatic carbocycles. The maximum atomic E-state index is 12.0. The Hall–Kier alpha value is -1.39. The fourth-order valence-electron chi connectivity index (χ4n) is 1.91. The zero-order valence-corrected chi connectivity index (χ0v) is 10.5. The van der Waals surface area contributed by atoms with Crippen molar-refractivity contribution < 1.29 is 19.5 Å². The summed E-state index contributed by atoms with van der Waals surface area (Å²) < 4.78 is 0. The number of rotatable bonds is 4. The lowest BCUT2D eigenvalue weighted by molar-refractivity contribution is -0.144. The Morgan fingerprint density at radius 2 is 1.94 bits per heavy atom. The summed E-state index contributed by atoms with van der Waals surface area (Å²) in [4.78, 5) is 36.0. The Balaban J connectivity index is 2.83. The van der Waals surface area contributed by atoms with Gasteiger partial charge in [-0.05, 0) is 19.3 Å². The molecular weight excluding hydrogens is 222 g/mol. The van der Waals surface area contributed by atoms with E-state index < -0.39 is 29.1 Å². The molecule has 0 radical (unpaired) electrons. The molecule has 1 fully saturated rings. The van der Waals surface area contributed by atoms with Gasteiger partial charge in [0, 0.05) is 12.0 Å². The summed E-state index contributed by atoms with van der Waals surface area (Å²) in [7, 11) is 0. The molecule has 1 saturated heterocycles. The van der Waals surface area contributed by atoms with Gasteiger partial charge in [0.15, 0.2) is 0 Å². The van der Waals surface area contributed by atoms with Gasteiger partial charge in [-0.15, -0.1) is 0 Å². The Kier molecular flexibility index (Phi) is 3.91. The van der Waals surface area contributed by atoms with Gasteiger partial charge in [0.05, 0.1) is 0 Å². The number of amides is 1. The number of carbonyl (C=O) groups excluding carboxylic acids is 2. The van der Waals surface area contributed by atoms with Crippen LogP contribution in [0.15, 0.2) is 0 Å². The SMILES string of the molecule is CCC(C)(C)C(=O)C(=O)C1CCCN1C(=O)O. The van der Waals surface area contributed by atoms with E-state index in [-0.39, 0.29) is 0 Å². The molecule has 1 heterocycles. The zero-order valence-electron chi connectivity index (χ0n) is 10.5. The second-order valence-corrected chi connectivity index (χ2v) is 5.06. The van der Waals surface area contributed by atoms with E-state index in [1.807, 2.05) is 6.92 Å². The smallest absolute Gasteiger partial charge is 0.407 e. The van der Waals surface area contributed by atoms with Gasteiger partial charge in [0.25, 0.3) is 0 Å². The Morgan fingerprint density at radius 3 is 2.41 bits per heavy atom. The van der Waals surface area contributed by atoms with Crippen molar-refractivity contribution >= 4 is 17.7 Å². The molecule has 1 aliphatic heterocycles. The molecule has 1 N–H and O–H groups in total. The third kappa shape index (κ3) is 2.65. The molecule has 5 nitrogen and oxygen atoms in total.